The summed E-state index contributed by atoms with van der Waals surface area (Å²) in [6.45, 7) is 4.42. The van der Waals surface area contributed by atoms with Crippen LogP contribution < -0.4 is 10.1 Å². The van der Waals surface area contributed by atoms with Crippen molar-refractivity contribution in [1.29, 1.82) is 0 Å². The molecule has 0 saturated carbocycles. The number of ether oxygens (including phenoxy) is 1. The fraction of sp³-hybridized carbons (Fsp3) is 0.222. The number of carbonyl (C=O) groups is 1. The van der Waals surface area contributed by atoms with Crippen LogP contribution in [0.4, 0.5) is 5.95 Å². The second-order valence-electron chi connectivity index (χ2n) is 5.37. The van der Waals surface area contributed by atoms with E-state index in [9.17, 15) is 4.79 Å². The maximum atomic E-state index is 12.4. The lowest BCUT2D eigenvalue weighted by molar-refractivity contribution is -0.122. The second-order valence-corrected chi connectivity index (χ2v) is 5.81. The van der Waals surface area contributed by atoms with E-state index in [1.54, 1.807) is 31.2 Å². The number of rotatable bonds is 5. The van der Waals surface area contributed by atoms with Gasteiger partial charge in [-0.25, -0.2) is 4.98 Å². The van der Waals surface area contributed by atoms with Gasteiger partial charge in [-0.1, -0.05) is 23.7 Å². The highest BCUT2D eigenvalue weighted by atomic mass is 35.5. The fourth-order valence-electron chi connectivity index (χ4n) is 2.47. The zero-order valence-corrected chi connectivity index (χ0v) is 14.2. The molecule has 24 heavy (non-hydrogen) atoms. The number of benzene rings is 2. The molecule has 1 unspecified atom stereocenters. The molecule has 0 bridgehead atoms. The van der Waals surface area contributed by atoms with Gasteiger partial charge in [0.05, 0.1) is 11.0 Å². The van der Waals surface area contributed by atoms with E-state index in [4.69, 9.17) is 16.3 Å². The largest absolute Gasteiger partial charge is 0.481 e. The van der Waals surface area contributed by atoms with Crippen LogP contribution in [-0.2, 0) is 11.3 Å². The quantitative estimate of drug-likeness (QED) is 0.758. The van der Waals surface area contributed by atoms with Gasteiger partial charge in [0.25, 0.3) is 5.91 Å². The lowest BCUT2D eigenvalue weighted by Crippen LogP contribution is -2.31. The van der Waals surface area contributed by atoms with E-state index >= 15 is 0 Å². The van der Waals surface area contributed by atoms with Gasteiger partial charge < -0.3 is 9.30 Å². The van der Waals surface area contributed by atoms with Gasteiger partial charge in [0.1, 0.15) is 5.75 Å². The van der Waals surface area contributed by atoms with Gasteiger partial charge in [-0.15, -0.1) is 0 Å². The summed E-state index contributed by atoms with van der Waals surface area (Å²) in [4.78, 5) is 16.9. The van der Waals surface area contributed by atoms with Gasteiger partial charge >= 0.3 is 0 Å². The Balaban J connectivity index is 1.75. The Morgan fingerprint density at radius 3 is 2.67 bits per heavy atom. The molecule has 1 atom stereocenters. The molecular weight excluding hydrogens is 326 g/mol. The Hall–Kier alpha value is -2.53. The van der Waals surface area contributed by atoms with Crippen molar-refractivity contribution in [3.05, 3.63) is 53.6 Å². The number of hydrogen-bond acceptors (Lipinski definition) is 3. The first-order valence-corrected chi connectivity index (χ1v) is 8.14. The number of nitrogens with zero attached hydrogens (tertiary/aromatic N) is 2. The number of nitrogens with one attached hydrogen (secondary N) is 1. The Labute approximate surface area is 145 Å². The zero-order valence-electron chi connectivity index (χ0n) is 13.5. The summed E-state index contributed by atoms with van der Waals surface area (Å²) < 4.78 is 7.60. The SMILES string of the molecule is CCn1c(NC(=O)C(C)Oc2ccc(Cl)cc2)nc2ccccc21. The van der Waals surface area contributed by atoms with Gasteiger partial charge in [-0.2, -0.15) is 0 Å². The molecule has 0 aliphatic carbocycles. The molecule has 1 aromatic heterocycles. The number of amides is 1. The van der Waals surface area contributed by atoms with Crippen LogP contribution in [-0.4, -0.2) is 21.6 Å². The number of fused-ring (bicyclic) bond motifs is 1. The summed E-state index contributed by atoms with van der Waals surface area (Å²) >= 11 is 5.84. The van der Waals surface area contributed by atoms with Crippen LogP contribution >= 0.6 is 11.6 Å². The van der Waals surface area contributed by atoms with Gasteiger partial charge in [-0.3, -0.25) is 10.1 Å². The van der Waals surface area contributed by atoms with E-state index in [0.717, 1.165) is 11.0 Å². The molecule has 5 nitrogen and oxygen atoms in total. The molecule has 1 N–H and O–H groups in total. The Kier molecular flexibility index (Phi) is 4.71. The minimum Gasteiger partial charge on any atom is -0.481 e. The average molecular weight is 344 g/mol. The summed E-state index contributed by atoms with van der Waals surface area (Å²) in [5.41, 5.74) is 1.84. The van der Waals surface area contributed by atoms with E-state index in [0.29, 0.717) is 23.3 Å². The molecule has 6 heteroatoms. The average Bonchev–Trinajstić information content (AvgIpc) is 2.93. The number of para-hydroxylation sites is 2. The number of halogens is 1. The van der Waals surface area contributed by atoms with Gasteiger partial charge in [-0.05, 0) is 50.2 Å². The second kappa shape index (κ2) is 6.93. The number of imidazole rings is 1. The number of aromatic nitrogens is 2. The van der Waals surface area contributed by atoms with Crippen molar-refractivity contribution in [1.82, 2.24) is 9.55 Å². The third-order valence-electron chi connectivity index (χ3n) is 3.70. The standard InChI is InChI=1S/C18H18ClN3O2/c1-3-22-16-7-5-4-6-15(16)20-18(22)21-17(23)12(2)24-14-10-8-13(19)9-11-14/h4-12H,3H2,1-2H3,(H,20,21,23). The molecule has 1 amide bonds. The first kappa shape index (κ1) is 16.3. The van der Waals surface area contributed by atoms with Crippen LogP contribution in [0.1, 0.15) is 13.8 Å². The van der Waals surface area contributed by atoms with Crippen molar-refractivity contribution in [2.24, 2.45) is 0 Å². The molecule has 3 rings (SSSR count). The molecule has 0 fully saturated rings. The summed E-state index contributed by atoms with van der Waals surface area (Å²) in [5.74, 6) is 0.858. The third-order valence-corrected chi connectivity index (χ3v) is 3.95. The Morgan fingerprint density at radius 2 is 1.96 bits per heavy atom. The van der Waals surface area contributed by atoms with Crippen molar-refractivity contribution in [2.75, 3.05) is 5.32 Å². The third kappa shape index (κ3) is 3.36. The summed E-state index contributed by atoms with van der Waals surface area (Å²) in [5, 5.41) is 3.47. The van der Waals surface area contributed by atoms with E-state index < -0.39 is 6.10 Å². The molecule has 124 valence electrons. The highest BCUT2D eigenvalue weighted by Gasteiger charge is 2.18. The molecule has 0 saturated heterocycles. The van der Waals surface area contributed by atoms with Crippen molar-refractivity contribution < 1.29 is 9.53 Å². The smallest absolute Gasteiger partial charge is 0.267 e. The van der Waals surface area contributed by atoms with Gasteiger partial charge in [0.2, 0.25) is 5.95 Å². The minimum atomic E-state index is -0.656. The van der Waals surface area contributed by atoms with Crippen LogP contribution in [0.25, 0.3) is 11.0 Å². The molecular formula is C18H18ClN3O2. The van der Waals surface area contributed by atoms with Crippen molar-refractivity contribution >= 4 is 34.5 Å². The normalized spacial score (nSPS) is 12.1. The van der Waals surface area contributed by atoms with E-state index in [-0.39, 0.29) is 5.91 Å². The van der Waals surface area contributed by atoms with Crippen LogP contribution in [0.15, 0.2) is 48.5 Å². The Morgan fingerprint density at radius 1 is 1.25 bits per heavy atom. The molecule has 3 aromatic rings. The maximum absolute atomic E-state index is 12.4. The van der Waals surface area contributed by atoms with Crippen LogP contribution in [0.5, 0.6) is 5.75 Å². The summed E-state index contributed by atoms with van der Waals surface area (Å²) in [6.07, 6.45) is -0.656. The lowest BCUT2D eigenvalue weighted by atomic mass is 10.3. The van der Waals surface area contributed by atoms with Crippen LogP contribution in [0.2, 0.25) is 5.02 Å². The number of carbonyl (C=O) groups excluding carboxylic acids is 1. The van der Waals surface area contributed by atoms with E-state index in [1.165, 1.54) is 0 Å². The van der Waals surface area contributed by atoms with Gasteiger partial charge in [0, 0.05) is 11.6 Å². The number of hydrogen-bond donors (Lipinski definition) is 1. The Bertz CT molecular complexity index is 858. The number of anilines is 1. The molecule has 2 aromatic carbocycles. The number of aryl methyl sites for hydroxylation is 1. The monoisotopic (exact) mass is 343 g/mol. The molecule has 0 aliphatic heterocycles. The fourth-order valence-corrected chi connectivity index (χ4v) is 2.60. The van der Waals surface area contributed by atoms with Crippen LogP contribution in [0, 0.1) is 0 Å². The molecule has 0 aliphatic rings. The van der Waals surface area contributed by atoms with Crippen LogP contribution in [0.3, 0.4) is 0 Å². The molecule has 1 heterocycles. The lowest BCUT2D eigenvalue weighted by Gasteiger charge is -2.15. The summed E-state index contributed by atoms with van der Waals surface area (Å²) in [7, 11) is 0. The highest BCUT2D eigenvalue weighted by Crippen LogP contribution is 2.20. The van der Waals surface area contributed by atoms with Crippen molar-refractivity contribution in [2.45, 2.75) is 26.5 Å². The van der Waals surface area contributed by atoms with E-state index in [2.05, 4.69) is 10.3 Å². The first-order chi connectivity index (χ1) is 11.6. The minimum absolute atomic E-state index is 0.255. The zero-order chi connectivity index (χ0) is 17.1. The summed E-state index contributed by atoms with van der Waals surface area (Å²) in [6, 6.07) is 14.7. The van der Waals surface area contributed by atoms with Crippen molar-refractivity contribution in [3.8, 4) is 5.75 Å². The molecule has 0 spiro atoms. The topological polar surface area (TPSA) is 56.2 Å². The highest BCUT2D eigenvalue weighted by molar-refractivity contribution is 6.30. The first-order valence-electron chi connectivity index (χ1n) is 7.77. The van der Waals surface area contributed by atoms with Crippen molar-refractivity contribution in [3.63, 3.8) is 0 Å². The maximum Gasteiger partial charge on any atom is 0.267 e. The predicted octanol–water partition coefficient (Wildman–Crippen LogP) is 4.12. The molecule has 0 radical (unpaired) electrons. The van der Waals surface area contributed by atoms with Gasteiger partial charge in [0.15, 0.2) is 6.10 Å². The van der Waals surface area contributed by atoms with E-state index in [1.807, 2.05) is 35.8 Å². The predicted molar refractivity (Wildman–Crippen MR) is 95.6 cm³/mol.